The Kier molecular flexibility index (Phi) is 3.76. The molecule has 1 aromatic carbocycles. The molecule has 0 unspecified atom stereocenters. The van der Waals surface area contributed by atoms with E-state index < -0.39 is 0 Å². The first kappa shape index (κ1) is 12.9. The van der Waals surface area contributed by atoms with Crippen molar-refractivity contribution in [2.75, 3.05) is 32.9 Å². The van der Waals surface area contributed by atoms with Crippen LogP contribution >= 0.6 is 0 Å². The summed E-state index contributed by atoms with van der Waals surface area (Å²) in [5, 5.41) is 3.45. The lowest BCUT2D eigenvalue weighted by molar-refractivity contribution is -0.0963. The van der Waals surface area contributed by atoms with E-state index in [4.69, 9.17) is 9.47 Å². The minimum Gasteiger partial charge on any atom is -0.494 e. The first-order chi connectivity index (χ1) is 9.35. The van der Waals surface area contributed by atoms with Crippen molar-refractivity contribution in [3.8, 4) is 5.75 Å². The normalized spacial score (nSPS) is 22.8. The number of benzene rings is 1. The second kappa shape index (κ2) is 5.51. The molecule has 2 fully saturated rings. The van der Waals surface area contributed by atoms with E-state index in [9.17, 15) is 0 Å². The molecule has 3 heteroatoms. The molecule has 19 heavy (non-hydrogen) atoms. The Morgan fingerprint density at radius 2 is 1.89 bits per heavy atom. The van der Waals surface area contributed by atoms with Crippen LogP contribution in [0.25, 0.3) is 0 Å². The van der Waals surface area contributed by atoms with Crippen LogP contribution in [0.15, 0.2) is 24.3 Å². The van der Waals surface area contributed by atoms with Crippen molar-refractivity contribution in [2.45, 2.75) is 25.2 Å². The first-order valence-electron chi connectivity index (χ1n) is 7.37. The Balaban J connectivity index is 1.80. The van der Waals surface area contributed by atoms with Gasteiger partial charge in [0.05, 0.1) is 19.8 Å². The first-order valence-corrected chi connectivity index (χ1v) is 7.37. The van der Waals surface area contributed by atoms with Crippen LogP contribution in [-0.4, -0.2) is 32.9 Å². The number of rotatable bonds is 4. The van der Waals surface area contributed by atoms with Crippen molar-refractivity contribution in [1.82, 2.24) is 5.32 Å². The van der Waals surface area contributed by atoms with Gasteiger partial charge >= 0.3 is 0 Å². The third kappa shape index (κ3) is 2.37. The van der Waals surface area contributed by atoms with Gasteiger partial charge in [-0.2, -0.15) is 0 Å². The lowest BCUT2D eigenvalue weighted by Crippen LogP contribution is -2.54. The maximum absolute atomic E-state index is 5.57. The Bertz CT molecular complexity index is 405. The fourth-order valence-corrected chi connectivity index (χ4v) is 3.38. The molecular weight excluding hydrogens is 238 g/mol. The standard InChI is InChI=1S/C16H23NO2/c1-2-19-15-5-3-13(4-6-15)16(11-18-12-16)14-7-9-17-10-8-14/h3-6,14,17H,2,7-12H2,1H3. The minimum absolute atomic E-state index is 0.257. The van der Waals surface area contributed by atoms with Crippen LogP contribution < -0.4 is 10.1 Å². The predicted molar refractivity (Wildman–Crippen MR) is 75.7 cm³/mol. The minimum atomic E-state index is 0.257. The highest BCUT2D eigenvalue weighted by atomic mass is 16.5. The summed E-state index contributed by atoms with van der Waals surface area (Å²) in [6.07, 6.45) is 2.52. The van der Waals surface area contributed by atoms with E-state index in [1.54, 1.807) is 0 Å². The summed E-state index contributed by atoms with van der Waals surface area (Å²) in [5.41, 5.74) is 1.68. The summed E-state index contributed by atoms with van der Waals surface area (Å²) in [4.78, 5) is 0. The zero-order valence-electron chi connectivity index (χ0n) is 11.7. The molecule has 1 N–H and O–H groups in total. The van der Waals surface area contributed by atoms with Crippen LogP contribution in [0.1, 0.15) is 25.3 Å². The summed E-state index contributed by atoms with van der Waals surface area (Å²) in [7, 11) is 0. The van der Waals surface area contributed by atoms with E-state index in [0.29, 0.717) is 0 Å². The van der Waals surface area contributed by atoms with Gasteiger partial charge < -0.3 is 14.8 Å². The van der Waals surface area contributed by atoms with Crippen molar-refractivity contribution >= 4 is 0 Å². The second-order valence-corrected chi connectivity index (χ2v) is 5.63. The van der Waals surface area contributed by atoms with E-state index in [2.05, 4.69) is 29.6 Å². The Labute approximate surface area is 115 Å². The van der Waals surface area contributed by atoms with Gasteiger partial charge in [-0.05, 0) is 56.5 Å². The quantitative estimate of drug-likeness (QED) is 0.902. The van der Waals surface area contributed by atoms with Crippen molar-refractivity contribution in [3.63, 3.8) is 0 Å². The number of hydrogen-bond acceptors (Lipinski definition) is 3. The van der Waals surface area contributed by atoms with Crippen LogP contribution in [0.4, 0.5) is 0 Å². The molecule has 0 aliphatic carbocycles. The third-order valence-corrected chi connectivity index (χ3v) is 4.58. The monoisotopic (exact) mass is 261 g/mol. The average molecular weight is 261 g/mol. The fraction of sp³-hybridized carbons (Fsp3) is 0.625. The van der Waals surface area contributed by atoms with E-state index in [1.165, 1.54) is 18.4 Å². The van der Waals surface area contributed by atoms with E-state index in [-0.39, 0.29) is 5.41 Å². The van der Waals surface area contributed by atoms with E-state index in [1.807, 2.05) is 6.92 Å². The molecule has 1 aromatic rings. The van der Waals surface area contributed by atoms with Gasteiger partial charge in [0.2, 0.25) is 0 Å². The van der Waals surface area contributed by atoms with Gasteiger partial charge in [0, 0.05) is 5.41 Å². The molecule has 0 radical (unpaired) electrons. The lowest BCUT2D eigenvalue weighted by atomic mass is 9.65. The number of piperidine rings is 1. The molecule has 0 spiro atoms. The van der Waals surface area contributed by atoms with Crippen molar-refractivity contribution < 1.29 is 9.47 Å². The molecule has 3 rings (SSSR count). The Hall–Kier alpha value is -1.06. The lowest BCUT2D eigenvalue weighted by Gasteiger charge is -2.49. The largest absolute Gasteiger partial charge is 0.494 e. The Morgan fingerprint density at radius 3 is 2.42 bits per heavy atom. The average Bonchev–Trinajstić information content (AvgIpc) is 2.41. The zero-order valence-corrected chi connectivity index (χ0v) is 11.7. The highest BCUT2D eigenvalue weighted by molar-refractivity contribution is 5.35. The SMILES string of the molecule is CCOc1ccc(C2(C3CCNCC3)COC2)cc1. The smallest absolute Gasteiger partial charge is 0.119 e. The topological polar surface area (TPSA) is 30.5 Å². The second-order valence-electron chi connectivity index (χ2n) is 5.63. The molecule has 2 saturated heterocycles. The summed E-state index contributed by atoms with van der Waals surface area (Å²) >= 11 is 0. The maximum atomic E-state index is 5.57. The summed E-state index contributed by atoms with van der Waals surface area (Å²) < 4.78 is 11.1. The molecular formula is C16H23NO2. The van der Waals surface area contributed by atoms with Gasteiger partial charge in [0.25, 0.3) is 0 Å². The Morgan fingerprint density at radius 1 is 1.21 bits per heavy atom. The highest BCUT2D eigenvalue weighted by Gasteiger charge is 2.46. The molecule has 0 atom stereocenters. The van der Waals surface area contributed by atoms with Gasteiger partial charge in [0.1, 0.15) is 5.75 Å². The number of ether oxygens (including phenoxy) is 2. The van der Waals surface area contributed by atoms with Crippen LogP contribution in [-0.2, 0) is 10.2 Å². The van der Waals surface area contributed by atoms with Gasteiger partial charge in [-0.25, -0.2) is 0 Å². The predicted octanol–water partition coefficient (Wildman–Crippen LogP) is 2.35. The molecule has 104 valence electrons. The molecule has 2 heterocycles. The molecule has 2 aliphatic heterocycles. The maximum Gasteiger partial charge on any atom is 0.119 e. The molecule has 0 amide bonds. The van der Waals surface area contributed by atoms with Crippen LogP contribution in [0.5, 0.6) is 5.75 Å². The number of hydrogen-bond donors (Lipinski definition) is 1. The van der Waals surface area contributed by atoms with Gasteiger partial charge in [0.15, 0.2) is 0 Å². The third-order valence-electron chi connectivity index (χ3n) is 4.58. The molecule has 0 bridgehead atoms. The fourth-order valence-electron chi connectivity index (χ4n) is 3.38. The van der Waals surface area contributed by atoms with Crippen LogP contribution in [0.3, 0.4) is 0 Å². The van der Waals surface area contributed by atoms with Crippen molar-refractivity contribution in [3.05, 3.63) is 29.8 Å². The molecule has 0 aromatic heterocycles. The molecule has 3 nitrogen and oxygen atoms in total. The summed E-state index contributed by atoms with van der Waals surface area (Å²) in [6, 6.07) is 8.66. The van der Waals surface area contributed by atoms with Crippen molar-refractivity contribution in [1.29, 1.82) is 0 Å². The van der Waals surface area contributed by atoms with Gasteiger partial charge in [-0.1, -0.05) is 12.1 Å². The summed E-state index contributed by atoms with van der Waals surface area (Å²) in [6.45, 7) is 6.79. The van der Waals surface area contributed by atoms with Crippen LogP contribution in [0.2, 0.25) is 0 Å². The van der Waals surface area contributed by atoms with Crippen molar-refractivity contribution in [2.24, 2.45) is 5.92 Å². The van der Waals surface area contributed by atoms with E-state index in [0.717, 1.165) is 44.6 Å². The number of nitrogens with one attached hydrogen (secondary N) is 1. The highest BCUT2D eigenvalue weighted by Crippen LogP contribution is 2.43. The molecule has 2 aliphatic rings. The van der Waals surface area contributed by atoms with Gasteiger partial charge in [-0.3, -0.25) is 0 Å². The molecule has 0 saturated carbocycles. The van der Waals surface area contributed by atoms with Crippen LogP contribution in [0, 0.1) is 5.92 Å². The van der Waals surface area contributed by atoms with Gasteiger partial charge in [-0.15, -0.1) is 0 Å². The summed E-state index contributed by atoms with van der Waals surface area (Å²) in [5.74, 6) is 1.72. The van der Waals surface area contributed by atoms with E-state index >= 15 is 0 Å². The zero-order chi connectivity index (χ0) is 13.1.